The number of sulfonamides is 1. The van der Waals surface area contributed by atoms with E-state index in [-0.39, 0.29) is 10.8 Å². The van der Waals surface area contributed by atoms with Crippen LogP contribution in [0.3, 0.4) is 0 Å². The minimum Gasteiger partial charge on any atom is -0.493 e. The summed E-state index contributed by atoms with van der Waals surface area (Å²) < 4.78 is 38.6. The van der Waals surface area contributed by atoms with Crippen molar-refractivity contribution < 1.29 is 22.7 Å². The van der Waals surface area contributed by atoms with E-state index < -0.39 is 10.0 Å². The van der Waals surface area contributed by atoms with Gasteiger partial charge in [0.1, 0.15) is 0 Å². The van der Waals surface area contributed by atoms with Crippen LogP contribution < -0.4 is 19.1 Å². The van der Waals surface area contributed by atoms with Crippen LogP contribution in [-0.4, -0.2) is 35.1 Å². The normalized spacial score (nSPS) is 13.1. The number of fused-ring (bicyclic) bond motifs is 1. The van der Waals surface area contributed by atoms with Crippen LogP contribution in [0.25, 0.3) is 0 Å². The molecule has 1 aliphatic rings. The van der Waals surface area contributed by atoms with Crippen LogP contribution >= 0.6 is 11.3 Å². The van der Waals surface area contributed by atoms with Gasteiger partial charge in [0.25, 0.3) is 15.9 Å². The lowest BCUT2D eigenvalue weighted by molar-refractivity contribution is 0.0993. The van der Waals surface area contributed by atoms with Gasteiger partial charge in [-0.3, -0.25) is 9.52 Å². The summed E-state index contributed by atoms with van der Waals surface area (Å²) in [6, 6.07) is 13.3. The average Bonchev–Trinajstić information content (AvgIpc) is 3.42. The zero-order valence-electron chi connectivity index (χ0n) is 16.4. The molecule has 0 radical (unpaired) electrons. The maximum atomic E-state index is 12.8. The molecular formula is C21H20N2O5S2. The molecule has 2 aromatic carbocycles. The van der Waals surface area contributed by atoms with E-state index in [0.29, 0.717) is 35.0 Å². The van der Waals surface area contributed by atoms with Crippen molar-refractivity contribution in [1.29, 1.82) is 0 Å². The quantitative estimate of drug-likeness (QED) is 0.626. The van der Waals surface area contributed by atoms with Crippen LogP contribution in [-0.2, 0) is 16.4 Å². The van der Waals surface area contributed by atoms with Gasteiger partial charge in [-0.05, 0) is 53.8 Å². The van der Waals surface area contributed by atoms with Crippen molar-refractivity contribution in [3.05, 3.63) is 64.4 Å². The molecule has 0 unspecified atom stereocenters. The van der Waals surface area contributed by atoms with Gasteiger partial charge >= 0.3 is 0 Å². The summed E-state index contributed by atoms with van der Waals surface area (Å²) in [5, 5.41) is 1.87. The lowest BCUT2D eigenvalue weighted by Crippen LogP contribution is -2.28. The monoisotopic (exact) mass is 444 g/mol. The molecular weight excluding hydrogens is 424 g/mol. The Balaban J connectivity index is 1.57. The number of methoxy groups -OCH3 is 2. The van der Waals surface area contributed by atoms with Gasteiger partial charge in [0.15, 0.2) is 11.5 Å². The lowest BCUT2D eigenvalue weighted by Gasteiger charge is -2.17. The number of carbonyl (C=O) groups is 1. The molecule has 2 heterocycles. The van der Waals surface area contributed by atoms with Gasteiger partial charge < -0.3 is 14.4 Å². The first-order valence-corrected chi connectivity index (χ1v) is 11.5. The number of benzene rings is 2. The van der Waals surface area contributed by atoms with E-state index in [2.05, 4.69) is 4.72 Å². The fraction of sp³-hybridized carbons (Fsp3) is 0.190. The van der Waals surface area contributed by atoms with Gasteiger partial charge in [0.2, 0.25) is 0 Å². The SMILES string of the molecule is COc1ccc(S(=O)(=O)Nc2ccc3c(c2)CCN3C(=O)c2cccs2)cc1OC. The van der Waals surface area contributed by atoms with E-state index in [9.17, 15) is 13.2 Å². The molecule has 1 N–H and O–H groups in total. The average molecular weight is 445 g/mol. The minimum atomic E-state index is -3.82. The Hall–Kier alpha value is -3.04. The highest BCUT2D eigenvalue weighted by Gasteiger charge is 2.27. The molecule has 0 saturated carbocycles. The summed E-state index contributed by atoms with van der Waals surface area (Å²) in [6.07, 6.45) is 0.665. The second-order valence-electron chi connectivity index (χ2n) is 6.65. The van der Waals surface area contributed by atoms with E-state index in [1.807, 2.05) is 11.4 Å². The third-order valence-corrected chi connectivity index (χ3v) is 7.11. The molecule has 0 fully saturated rings. The molecule has 7 nitrogen and oxygen atoms in total. The number of ether oxygens (including phenoxy) is 2. The second kappa shape index (κ2) is 8.00. The highest BCUT2D eigenvalue weighted by Crippen LogP contribution is 2.34. The molecule has 0 saturated heterocycles. The molecule has 156 valence electrons. The summed E-state index contributed by atoms with van der Waals surface area (Å²) >= 11 is 1.40. The van der Waals surface area contributed by atoms with Gasteiger partial charge in [-0.25, -0.2) is 8.42 Å². The number of thiophene rings is 1. The minimum absolute atomic E-state index is 0.0394. The molecule has 3 aromatic rings. The van der Waals surface area contributed by atoms with Crippen LogP contribution in [0, 0.1) is 0 Å². The van der Waals surface area contributed by atoms with Crippen LogP contribution in [0.2, 0.25) is 0 Å². The molecule has 0 atom stereocenters. The van der Waals surface area contributed by atoms with Gasteiger partial charge in [-0.2, -0.15) is 0 Å². The van der Waals surface area contributed by atoms with Crippen molar-refractivity contribution >= 4 is 38.6 Å². The van der Waals surface area contributed by atoms with Crippen LogP contribution in [0.15, 0.2) is 58.8 Å². The van der Waals surface area contributed by atoms with E-state index in [0.717, 1.165) is 11.3 Å². The summed E-state index contributed by atoms with van der Waals surface area (Å²) in [7, 11) is -0.881. The van der Waals surface area contributed by atoms with E-state index in [4.69, 9.17) is 9.47 Å². The molecule has 1 amide bonds. The number of carbonyl (C=O) groups excluding carboxylic acids is 1. The van der Waals surface area contributed by atoms with E-state index in [1.54, 1.807) is 35.2 Å². The Morgan fingerprint density at radius 2 is 1.87 bits per heavy atom. The fourth-order valence-corrected chi connectivity index (χ4v) is 5.14. The predicted molar refractivity (Wildman–Crippen MR) is 116 cm³/mol. The van der Waals surface area contributed by atoms with Crippen LogP contribution in [0.5, 0.6) is 11.5 Å². The van der Waals surface area contributed by atoms with Crippen molar-refractivity contribution in [3.8, 4) is 11.5 Å². The zero-order valence-corrected chi connectivity index (χ0v) is 18.0. The van der Waals surface area contributed by atoms with E-state index in [1.165, 1.54) is 37.7 Å². The lowest BCUT2D eigenvalue weighted by atomic mass is 10.1. The Bertz CT molecular complexity index is 1190. The fourth-order valence-electron chi connectivity index (χ4n) is 3.41. The second-order valence-corrected chi connectivity index (χ2v) is 9.28. The van der Waals surface area contributed by atoms with Crippen molar-refractivity contribution in [2.45, 2.75) is 11.3 Å². The number of hydrogen-bond donors (Lipinski definition) is 1. The predicted octanol–water partition coefficient (Wildman–Crippen LogP) is 3.77. The van der Waals surface area contributed by atoms with Crippen molar-refractivity contribution in [2.75, 3.05) is 30.4 Å². The first kappa shape index (κ1) is 20.2. The van der Waals surface area contributed by atoms with Crippen molar-refractivity contribution in [3.63, 3.8) is 0 Å². The van der Waals surface area contributed by atoms with E-state index >= 15 is 0 Å². The van der Waals surface area contributed by atoms with Crippen LogP contribution in [0.1, 0.15) is 15.2 Å². The smallest absolute Gasteiger partial charge is 0.268 e. The van der Waals surface area contributed by atoms with Gasteiger partial charge in [0, 0.05) is 24.0 Å². The molecule has 9 heteroatoms. The molecule has 1 aliphatic heterocycles. The maximum Gasteiger partial charge on any atom is 0.268 e. The molecule has 30 heavy (non-hydrogen) atoms. The first-order valence-electron chi connectivity index (χ1n) is 9.16. The Morgan fingerprint density at radius 3 is 2.57 bits per heavy atom. The van der Waals surface area contributed by atoms with Crippen molar-refractivity contribution in [1.82, 2.24) is 0 Å². The van der Waals surface area contributed by atoms with Gasteiger partial charge in [-0.1, -0.05) is 6.07 Å². The Morgan fingerprint density at radius 1 is 1.07 bits per heavy atom. The number of rotatable bonds is 6. The summed E-state index contributed by atoms with van der Waals surface area (Å²) in [5.74, 6) is 0.740. The molecule has 4 rings (SSSR count). The van der Waals surface area contributed by atoms with Gasteiger partial charge in [-0.15, -0.1) is 11.3 Å². The molecule has 0 spiro atoms. The number of nitrogens with one attached hydrogen (secondary N) is 1. The highest BCUT2D eigenvalue weighted by molar-refractivity contribution is 7.92. The molecule has 0 aliphatic carbocycles. The molecule has 1 aromatic heterocycles. The third kappa shape index (κ3) is 3.73. The third-order valence-electron chi connectivity index (χ3n) is 4.87. The number of hydrogen-bond acceptors (Lipinski definition) is 6. The highest BCUT2D eigenvalue weighted by atomic mass is 32.2. The topological polar surface area (TPSA) is 84.9 Å². The van der Waals surface area contributed by atoms with Crippen LogP contribution in [0.4, 0.5) is 11.4 Å². The number of anilines is 2. The molecule has 0 bridgehead atoms. The first-order chi connectivity index (χ1) is 14.4. The summed E-state index contributed by atoms with van der Waals surface area (Å²) in [4.78, 5) is 15.2. The standard InChI is InChI=1S/C21H20N2O5S2/c1-27-18-8-6-16(13-19(18)28-2)30(25,26)22-15-5-7-17-14(12-15)9-10-23(17)21(24)20-4-3-11-29-20/h3-8,11-13,22H,9-10H2,1-2H3. The zero-order chi connectivity index (χ0) is 21.3. The summed E-state index contributed by atoms with van der Waals surface area (Å²) in [6.45, 7) is 0.567. The Kier molecular flexibility index (Phi) is 5.40. The van der Waals surface area contributed by atoms with Gasteiger partial charge in [0.05, 0.1) is 24.0 Å². The summed E-state index contributed by atoms with van der Waals surface area (Å²) in [5.41, 5.74) is 2.17. The Labute approximate surface area is 178 Å². The largest absolute Gasteiger partial charge is 0.493 e. The maximum absolute atomic E-state index is 12.8. The van der Waals surface area contributed by atoms with Crippen molar-refractivity contribution in [2.24, 2.45) is 0 Å². The number of amides is 1. The number of nitrogens with zero attached hydrogens (tertiary/aromatic N) is 1.